The van der Waals surface area contributed by atoms with Gasteiger partial charge in [-0.3, -0.25) is 4.79 Å². The normalized spacial score (nSPS) is 18.8. The first kappa shape index (κ1) is 17.5. The average Bonchev–Trinajstić information content (AvgIpc) is 3.02. The Morgan fingerprint density at radius 2 is 1.85 bits per heavy atom. The van der Waals surface area contributed by atoms with Gasteiger partial charge in [0.05, 0.1) is 24.3 Å². The van der Waals surface area contributed by atoms with E-state index >= 15 is 0 Å². The predicted octanol–water partition coefficient (Wildman–Crippen LogP) is 1.98. The standard InChI is InChI=1S/C22H21NO4/c24-19-10-9-17-21(25)20(8-4-7-16-5-2-1-3-6-16)27-22(17)18(19)15-23-11-13-26-14-12-23/h1-10,24H,11-15H2/p+1/b7-4+,20-8-. The molecule has 2 heterocycles. The second-order valence-electron chi connectivity index (χ2n) is 6.71. The van der Waals surface area contributed by atoms with E-state index in [2.05, 4.69) is 0 Å². The van der Waals surface area contributed by atoms with Crippen molar-refractivity contribution >= 4 is 11.9 Å². The predicted molar refractivity (Wildman–Crippen MR) is 102 cm³/mol. The summed E-state index contributed by atoms with van der Waals surface area (Å²) in [4.78, 5) is 14.0. The molecular formula is C22H22NO4+. The highest BCUT2D eigenvalue weighted by atomic mass is 16.5. The number of hydrogen-bond acceptors (Lipinski definition) is 4. The highest BCUT2D eigenvalue weighted by Gasteiger charge is 2.32. The van der Waals surface area contributed by atoms with Crippen LogP contribution in [0.4, 0.5) is 0 Å². The van der Waals surface area contributed by atoms with Gasteiger partial charge < -0.3 is 19.5 Å². The van der Waals surface area contributed by atoms with Crippen molar-refractivity contribution in [3.63, 3.8) is 0 Å². The minimum Gasteiger partial charge on any atom is -0.507 e. The number of quaternary nitrogens is 1. The number of allylic oxidation sites excluding steroid dienone is 3. The van der Waals surface area contributed by atoms with Gasteiger partial charge >= 0.3 is 0 Å². The number of hydrogen-bond donors (Lipinski definition) is 2. The summed E-state index contributed by atoms with van der Waals surface area (Å²) in [5.41, 5.74) is 2.24. The van der Waals surface area contributed by atoms with Crippen LogP contribution in [0.1, 0.15) is 21.5 Å². The summed E-state index contributed by atoms with van der Waals surface area (Å²) in [6.45, 7) is 3.78. The molecule has 5 nitrogen and oxygen atoms in total. The van der Waals surface area contributed by atoms with Crippen LogP contribution in [-0.2, 0) is 11.3 Å². The van der Waals surface area contributed by atoms with Gasteiger partial charge in [0, 0.05) is 0 Å². The van der Waals surface area contributed by atoms with Gasteiger partial charge in [-0.2, -0.15) is 0 Å². The van der Waals surface area contributed by atoms with E-state index in [-0.39, 0.29) is 17.3 Å². The third-order valence-electron chi connectivity index (χ3n) is 4.88. The van der Waals surface area contributed by atoms with Crippen molar-refractivity contribution in [2.24, 2.45) is 0 Å². The zero-order valence-corrected chi connectivity index (χ0v) is 15.0. The highest BCUT2D eigenvalue weighted by Crippen LogP contribution is 2.38. The average molecular weight is 364 g/mol. The van der Waals surface area contributed by atoms with Crippen molar-refractivity contribution in [3.8, 4) is 11.5 Å². The van der Waals surface area contributed by atoms with Gasteiger partial charge in [0.25, 0.3) is 0 Å². The van der Waals surface area contributed by atoms with E-state index in [0.29, 0.717) is 36.6 Å². The molecule has 0 saturated carbocycles. The summed E-state index contributed by atoms with van der Waals surface area (Å²) in [5, 5.41) is 10.3. The maximum atomic E-state index is 12.7. The van der Waals surface area contributed by atoms with Crippen LogP contribution in [0.3, 0.4) is 0 Å². The Labute approximate surface area is 158 Å². The van der Waals surface area contributed by atoms with Crippen molar-refractivity contribution in [2.45, 2.75) is 6.54 Å². The smallest absolute Gasteiger partial charge is 0.231 e. The first-order valence-electron chi connectivity index (χ1n) is 9.14. The number of phenolic OH excluding ortho intramolecular Hbond substituents is 1. The Morgan fingerprint density at radius 3 is 2.63 bits per heavy atom. The van der Waals surface area contributed by atoms with Gasteiger partial charge in [0.1, 0.15) is 25.4 Å². The van der Waals surface area contributed by atoms with Crippen LogP contribution in [-0.4, -0.2) is 37.2 Å². The summed E-state index contributed by atoms with van der Waals surface area (Å²) >= 11 is 0. The molecule has 5 heteroatoms. The third-order valence-corrected chi connectivity index (χ3v) is 4.88. The molecule has 138 valence electrons. The lowest BCUT2D eigenvalue weighted by Gasteiger charge is -2.24. The summed E-state index contributed by atoms with van der Waals surface area (Å²) < 4.78 is 11.3. The number of ether oxygens (including phenoxy) is 2. The van der Waals surface area contributed by atoms with Crippen LogP contribution < -0.4 is 9.64 Å². The van der Waals surface area contributed by atoms with E-state index in [1.165, 1.54) is 4.90 Å². The van der Waals surface area contributed by atoms with Crippen LogP contribution in [0.25, 0.3) is 6.08 Å². The molecule has 0 aromatic heterocycles. The number of carbonyl (C=O) groups excluding carboxylic acids is 1. The Hall–Kier alpha value is -2.89. The molecule has 2 N–H and O–H groups in total. The number of Topliss-reactive ketones (excluding diaryl/α,β-unsaturated/α-hetero) is 1. The zero-order chi connectivity index (χ0) is 18.6. The molecule has 0 bridgehead atoms. The molecule has 0 aliphatic carbocycles. The number of fused-ring (bicyclic) bond motifs is 1. The number of rotatable bonds is 4. The SMILES string of the molecule is O=C1/C(=C/C=C/c2ccccc2)Oc2c1ccc(O)c2C[NH+]1CCOCC1. The van der Waals surface area contributed by atoms with Crippen molar-refractivity contribution < 1.29 is 24.3 Å². The first-order valence-corrected chi connectivity index (χ1v) is 9.14. The van der Waals surface area contributed by atoms with Crippen LogP contribution >= 0.6 is 0 Å². The minimum atomic E-state index is -0.152. The molecule has 0 amide bonds. The van der Waals surface area contributed by atoms with Gasteiger partial charge in [0.2, 0.25) is 5.78 Å². The number of nitrogens with one attached hydrogen (secondary N) is 1. The lowest BCUT2D eigenvalue weighted by atomic mass is 10.0. The van der Waals surface area contributed by atoms with Crippen molar-refractivity contribution in [3.05, 3.63) is 77.1 Å². The van der Waals surface area contributed by atoms with Gasteiger partial charge in [-0.25, -0.2) is 0 Å². The number of phenols is 1. The van der Waals surface area contributed by atoms with Crippen molar-refractivity contribution in [1.82, 2.24) is 0 Å². The molecule has 2 aliphatic heterocycles. The molecule has 2 aliphatic rings. The largest absolute Gasteiger partial charge is 0.507 e. The maximum Gasteiger partial charge on any atom is 0.231 e. The molecular weight excluding hydrogens is 342 g/mol. The maximum absolute atomic E-state index is 12.7. The minimum absolute atomic E-state index is 0.152. The Morgan fingerprint density at radius 1 is 1.07 bits per heavy atom. The second kappa shape index (κ2) is 7.78. The molecule has 0 unspecified atom stereocenters. The highest BCUT2D eigenvalue weighted by molar-refractivity contribution is 6.12. The van der Waals surface area contributed by atoms with Gasteiger partial charge in [-0.05, 0) is 23.8 Å². The van der Waals surface area contributed by atoms with Gasteiger partial charge in [-0.1, -0.05) is 42.5 Å². The number of carbonyl (C=O) groups is 1. The Bertz CT molecular complexity index is 896. The monoisotopic (exact) mass is 364 g/mol. The van der Waals surface area contributed by atoms with E-state index in [9.17, 15) is 9.90 Å². The molecule has 1 saturated heterocycles. The molecule has 1 fully saturated rings. The molecule has 2 aromatic rings. The molecule has 4 rings (SSSR count). The van der Waals surface area contributed by atoms with Gasteiger partial charge in [0.15, 0.2) is 11.5 Å². The van der Waals surface area contributed by atoms with E-state index < -0.39 is 0 Å². The Kier molecular flexibility index (Phi) is 5.05. The van der Waals surface area contributed by atoms with E-state index in [1.54, 1.807) is 24.3 Å². The molecule has 0 atom stereocenters. The fourth-order valence-electron chi connectivity index (χ4n) is 3.38. The van der Waals surface area contributed by atoms with Crippen molar-refractivity contribution in [2.75, 3.05) is 26.3 Å². The van der Waals surface area contributed by atoms with E-state index in [0.717, 1.165) is 18.7 Å². The number of ketones is 1. The van der Waals surface area contributed by atoms with Crippen LogP contribution in [0.15, 0.2) is 60.4 Å². The van der Waals surface area contributed by atoms with Crippen LogP contribution in [0, 0.1) is 0 Å². The number of aromatic hydroxyl groups is 1. The third kappa shape index (κ3) is 3.79. The quantitative estimate of drug-likeness (QED) is 0.815. The van der Waals surface area contributed by atoms with Crippen LogP contribution in [0.2, 0.25) is 0 Å². The zero-order valence-electron chi connectivity index (χ0n) is 15.0. The molecule has 0 spiro atoms. The Balaban J connectivity index is 1.56. The van der Waals surface area contributed by atoms with Crippen molar-refractivity contribution in [1.29, 1.82) is 0 Å². The lowest BCUT2D eigenvalue weighted by molar-refractivity contribution is -0.921. The van der Waals surface area contributed by atoms with Crippen LogP contribution in [0.5, 0.6) is 11.5 Å². The summed E-state index contributed by atoms with van der Waals surface area (Å²) in [6, 6.07) is 13.1. The fourth-order valence-corrected chi connectivity index (χ4v) is 3.38. The topological polar surface area (TPSA) is 60.2 Å². The lowest BCUT2D eigenvalue weighted by Crippen LogP contribution is -3.12. The van der Waals surface area contributed by atoms with E-state index in [4.69, 9.17) is 9.47 Å². The van der Waals surface area contributed by atoms with E-state index in [1.807, 2.05) is 36.4 Å². The summed E-state index contributed by atoms with van der Waals surface area (Å²) in [5.74, 6) is 0.780. The molecule has 27 heavy (non-hydrogen) atoms. The molecule has 2 aromatic carbocycles. The molecule has 0 radical (unpaired) electrons. The summed E-state index contributed by atoms with van der Waals surface area (Å²) in [7, 11) is 0. The fraction of sp³-hybridized carbons (Fsp3) is 0.227. The van der Waals surface area contributed by atoms with Gasteiger partial charge in [-0.15, -0.1) is 0 Å². The first-order chi connectivity index (χ1) is 13.2. The number of morpholine rings is 1. The number of benzene rings is 2. The summed E-state index contributed by atoms with van der Waals surface area (Å²) in [6.07, 6.45) is 5.40. The second-order valence-corrected chi connectivity index (χ2v) is 6.71.